The summed E-state index contributed by atoms with van der Waals surface area (Å²) in [4.78, 5) is 32.8. The number of nitrogens with one attached hydrogen (secondary N) is 1. The predicted octanol–water partition coefficient (Wildman–Crippen LogP) is 3.73. The van der Waals surface area contributed by atoms with Crippen LogP contribution in [-0.2, 0) is 9.63 Å². The van der Waals surface area contributed by atoms with Crippen molar-refractivity contribution in [1.29, 1.82) is 0 Å². The zero-order chi connectivity index (χ0) is 24.8. The van der Waals surface area contributed by atoms with Crippen LogP contribution >= 0.6 is 0 Å². The van der Waals surface area contributed by atoms with E-state index in [0.717, 1.165) is 16.7 Å². The molecule has 7 nitrogen and oxygen atoms in total. The van der Waals surface area contributed by atoms with Crippen LogP contribution in [0, 0.1) is 6.92 Å². The van der Waals surface area contributed by atoms with E-state index in [9.17, 15) is 14.7 Å². The number of rotatable bonds is 7. The second kappa shape index (κ2) is 11.0. The van der Waals surface area contributed by atoms with Crippen molar-refractivity contribution in [3.05, 3.63) is 95.6 Å². The van der Waals surface area contributed by atoms with Gasteiger partial charge in [-0.2, -0.15) is 0 Å². The van der Waals surface area contributed by atoms with Crippen LogP contribution in [0.15, 0.2) is 84.0 Å². The maximum absolute atomic E-state index is 13.4. The monoisotopic (exact) mass is 471 g/mol. The molecule has 3 aromatic rings. The minimum atomic E-state index is -0.841. The van der Waals surface area contributed by atoms with Crippen molar-refractivity contribution in [2.24, 2.45) is 5.16 Å². The normalized spacial score (nSPS) is 17.3. The molecule has 0 bridgehead atoms. The summed E-state index contributed by atoms with van der Waals surface area (Å²) in [5.74, 6) is -0.599. The fraction of sp³-hybridized carbons (Fsp3) is 0.250. The molecule has 0 spiro atoms. The lowest BCUT2D eigenvalue weighted by atomic mass is 9.99. The highest BCUT2D eigenvalue weighted by atomic mass is 16.6. The molecule has 3 aromatic carbocycles. The summed E-state index contributed by atoms with van der Waals surface area (Å²) in [6.45, 7) is 2.29. The molecule has 0 aliphatic carbocycles. The Kier molecular flexibility index (Phi) is 7.57. The molecule has 2 N–H and O–H groups in total. The first-order chi connectivity index (χ1) is 17.0. The number of likely N-dealkylation sites (tertiary alicyclic amines) is 1. The van der Waals surface area contributed by atoms with Crippen LogP contribution in [0.2, 0.25) is 0 Å². The van der Waals surface area contributed by atoms with E-state index < -0.39 is 12.1 Å². The zero-order valence-electron chi connectivity index (χ0n) is 19.8. The van der Waals surface area contributed by atoms with Crippen LogP contribution in [0.1, 0.15) is 34.0 Å². The molecule has 1 aliphatic heterocycles. The van der Waals surface area contributed by atoms with Gasteiger partial charge in [-0.1, -0.05) is 71.9 Å². The van der Waals surface area contributed by atoms with Gasteiger partial charge in [-0.25, -0.2) is 0 Å². The Balaban J connectivity index is 1.49. The van der Waals surface area contributed by atoms with Gasteiger partial charge in [0, 0.05) is 18.5 Å². The average molecular weight is 472 g/mol. The summed E-state index contributed by atoms with van der Waals surface area (Å²) in [7, 11) is 1.44. The third kappa shape index (κ3) is 5.58. The van der Waals surface area contributed by atoms with Crippen molar-refractivity contribution in [2.45, 2.75) is 25.5 Å². The SMILES string of the molecule is CO/N=C1/C[C@@H](C(=O)NC[C@H](O)c2ccccc2)N(C(=O)c2ccc(-c3ccccc3C)cc2)C1. The lowest BCUT2D eigenvalue weighted by Crippen LogP contribution is -2.46. The van der Waals surface area contributed by atoms with E-state index in [4.69, 9.17) is 4.84 Å². The minimum absolute atomic E-state index is 0.0449. The number of aliphatic hydroxyl groups is 1. The van der Waals surface area contributed by atoms with E-state index in [0.29, 0.717) is 16.8 Å². The molecule has 2 atom stereocenters. The van der Waals surface area contributed by atoms with Crippen LogP contribution in [0.5, 0.6) is 0 Å². The van der Waals surface area contributed by atoms with E-state index >= 15 is 0 Å². The largest absolute Gasteiger partial charge is 0.399 e. The Bertz CT molecular complexity index is 1210. The summed E-state index contributed by atoms with van der Waals surface area (Å²) in [6.07, 6.45) is -0.569. The molecule has 0 aromatic heterocycles. The first-order valence-electron chi connectivity index (χ1n) is 11.5. The van der Waals surface area contributed by atoms with Crippen LogP contribution < -0.4 is 5.32 Å². The molecule has 1 aliphatic rings. The van der Waals surface area contributed by atoms with Crippen molar-refractivity contribution < 1.29 is 19.5 Å². The van der Waals surface area contributed by atoms with Crippen molar-refractivity contribution in [3.8, 4) is 11.1 Å². The number of hydrogen-bond acceptors (Lipinski definition) is 5. The first kappa shape index (κ1) is 24.2. The molecular formula is C28H29N3O4. The molecule has 2 amide bonds. The van der Waals surface area contributed by atoms with E-state index in [2.05, 4.69) is 10.5 Å². The van der Waals surface area contributed by atoms with Crippen LogP contribution in [0.25, 0.3) is 11.1 Å². The zero-order valence-corrected chi connectivity index (χ0v) is 19.8. The van der Waals surface area contributed by atoms with Crippen molar-refractivity contribution >= 4 is 17.5 Å². The number of carbonyl (C=O) groups is 2. The number of carbonyl (C=O) groups excluding carboxylic acids is 2. The number of oxime groups is 1. The fourth-order valence-corrected chi connectivity index (χ4v) is 4.31. The fourth-order valence-electron chi connectivity index (χ4n) is 4.31. The summed E-state index contributed by atoms with van der Waals surface area (Å²) < 4.78 is 0. The summed E-state index contributed by atoms with van der Waals surface area (Å²) in [5.41, 5.74) is 5.09. The maximum atomic E-state index is 13.4. The third-order valence-electron chi connectivity index (χ3n) is 6.18. The van der Waals surface area contributed by atoms with Gasteiger partial charge in [-0.3, -0.25) is 9.59 Å². The molecule has 0 saturated carbocycles. The van der Waals surface area contributed by atoms with Gasteiger partial charge in [0.25, 0.3) is 5.91 Å². The van der Waals surface area contributed by atoms with Crippen molar-refractivity contribution in [3.63, 3.8) is 0 Å². The highest BCUT2D eigenvalue weighted by molar-refractivity contribution is 6.05. The second-order valence-electron chi connectivity index (χ2n) is 8.56. The first-order valence-corrected chi connectivity index (χ1v) is 11.5. The summed E-state index contributed by atoms with van der Waals surface area (Å²) in [6, 6.07) is 23.8. The van der Waals surface area contributed by atoms with Crippen molar-refractivity contribution in [1.82, 2.24) is 10.2 Å². The third-order valence-corrected chi connectivity index (χ3v) is 6.18. The Hall–Kier alpha value is -3.97. The smallest absolute Gasteiger partial charge is 0.254 e. The Morgan fingerprint density at radius 3 is 2.43 bits per heavy atom. The summed E-state index contributed by atoms with van der Waals surface area (Å²) in [5, 5.41) is 17.2. The van der Waals surface area contributed by atoms with E-state index in [1.54, 1.807) is 24.3 Å². The van der Waals surface area contributed by atoms with Gasteiger partial charge in [-0.05, 0) is 41.3 Å². The number of hydrogen-bond donors (Lipinski definition) is 2. The van der Waals surface area contributed by atoms with Crippen molar-refractivity contribution in [2.75, 3.05) is 20.2 Å². The van der Waals surface area contributed by atoms with Gasteiger partial charge in [0.05, 0.1) is 18.4 Å². The van der Waals surface area contributed by atoms with E-state index in [-0.39, 0.29) is 31.3 Å². The second-order valence-corrected chi connectivity index (χ2v) is 8.56. The summed E-state index contributed by atoms with van der Waals surface area (Å²) >= 11 is 0. The quantitative estimate of drug-likeness (QED) is 0.514. The Labute approximate surface area is 205 Å². The molecule has 1 fully saturated rings. The topological polar surface area (TPSA) is 91.2 Å². The lowest BCUT2D eigenvalue weighted by Gasteiger charge is -2.24. The van der Waals surface area contributed by atoms with E-state index in [1.165, 1.54) is 12.0 Å². The molecule has 1 heterocycles. The molecule has 7 heteroatoms. The van der Waals surface area contributed by atoms with Crippen LogP contribution in [0.3, 0.4) is 0 Å². The molecule has 35 heavy (non-hydrogen) atoms. The van der Waals surface area contributed by atoms with Crippen LogP contribution in [-0.4, -0.2) is 53.8 Å². The van der Waals surface area contributed by atoms with Gasteiger partial charge in [0.2, 0.25) is 5.91 Å². The van der Waals surface area contributed by atoms with Crippen LogP contribution in [0.4, 0.5) is 0 Å². The Morgan fingerprint density at radius 2 is 1.74 bits per heavy atom. The van der Waals surface area contributed by atoms with Gasteiger partial charge in [-0.15, -0.1) is 0 Å². The van der Waals surface area contributed by atoms with Gasteiger partial charge in [0.15, 0.2) is 0 Å². The lowest BCUT2D eigenvalue weighted by molar-refractivity contribution is -0.125. The van der Waals surface area contributed by atoms with Gasteiger partial charge < -0.3 is 20.2 Å². The minimum Gasteiger partial charge on any atom is -0.399 e. The molecular weight excluding hydrogens is 442 g/mol. The van der Waals surface area contributed by atoms with Gasteiger partial charge in [0.1, 0.15) is 13.2 Å². The maximum Gasteiger partial charge on any atom is 0.254 e. The molecule has 0 unspecified atom stereocenters. The van der Waals surface area contributed by atoms with Gasteiger partial charge >= 0.3 is 0 Å². The number of aliphatic hydroxyl groups excluding tert-OH is 1. The molecule has 180 valence electrons. The number of benzene rings is 3. The number of amides is 2. The number of aryl methyl sites for hydroxylation is 1. The highest BCUT2D eigenvalue weighted by Gasteiger charge is 2.38. The molecule has 0 radical (unpaired) electrons. The molecule has 1 saturated heterocycles. The predicted molar refractivity (Wildman–Crippen MR) is 135 cm³/mol. The number of nitrogens with zero attached hydrogens (tertiary/aromatic N) is 2. The molecule has 4 rings (SSSR count). The Morgan fingerprint density at radius 1 is 1.06 bits per heavy atom. The van der Waals surface area contributed by atoms with E-state index in [1.807, 2.05) is 61.5 Å². The average Bonchev–Trinajstić information content (AvgIpc) is 3.32. The highest BCUT2D eigenvalue weighted by Crippen LogP contribution is 2.25. The standard InChI is InChI=1S/C28H29N3O4/c1-19-8-6-7-11-24(19)20-12-14-22(15-13-20)28(34)31-18-23(30-35-2)16-25(31)27(33)29-17-26(32)21-9-4-3-5-10-21/h3-15,25-26,32H,16-18H2,1-2H3,(H,29,33)/b30-23-/t25-,26-/m0/s1.